The molecule has 1 N–H and O–H groups in total. The van der Waals surface area contributed by atoms with Crippen molar-refractivity contribution in [3.8, 4) is 0 Å². The number of amides is 2. The summed E-state index contributed by atoms with van der Waals surface area (Å²) >= 11 is 0. The predicted octanol–water partition coefficient (Wildman–Crippen LogP) is 2.73. The Labute approximate surface area is 138 Å². The molecule has 5 heteroatoms. The molecule has 0 spiro atoms. The Morgan fingerprint density at radius 2 is 1.70 bits per heavy atom. The number of carbonyl (C=O) groups is 2. The van der Waals surface area contributed by atoms with E-state index in [1.807, 2.05) is 49.9 Å². The van der Waals surface area contributed by atoms with Crippen molar-refractivity contribution >= 4 is 23.2 Å². The van der Waals surface area contributed by atoms with Crippen LogP contribution in [0.5, 0.6) is 0 Å². The third kappa shape index (κ3) is 4.71. The lowest BCUT2D eigenvalue weighted by molar-refractivity contribution is -0.131. The first-order valence-corrected chi connectivity index (χ1v) is 8.45. The minimum atomic E-state index is -0.0246. The second-order valence-corrected chi connectivity index (χ2v) is 6.31. The van der Waals surface area contributed by atoms with Crippen LogP contribution in [0, 0.1) is 5.92 Å². The maximum absolute atomic E-state index is 11.9. The molecule has 0 radical (unpaired) electrons. The highest BCUT2D eigenvalue weighted by Gasteiger charge is 2.20. The summed E-state index contributed by atoms with van der Waals surface area (Å²) in [4.78, 5) is 27.8. The third-order valence-corrected chi connectivity index (χ3v) is 4.12. The molecule has 2 rings (SSSR count). The minimum Gasteiger partial charge on any atom is -0.368 e. The first-order chi connectivity index (χ1) is 11.0. The fourth-order valence-corrected chi connectivity index (χ4v) is 2.63. The normalized spacial score (nSPS) is 15.0. The molecule has 1 heterocycles. The zero-order valence-corrected chi connectivity index (χ0v) is 14.3. The van der Waals surface area contributed by atoms with E-state index in [4.69, 9.17) is 0 Å². The molecule has 5 nitrogen and oxygen atoms in total. The molecule has 23 heavy (non-hydrogen) atoms. The van der Waals surface area contributed by atoms with Crippen molar-refractivity contribution < 1.29 is 9.59 Å². The van der Waals surface area contributed by atoms with Gasteiger partial charge in [0.15, 0.2) is 0 Å². The lowest BCUT2D eigenvalue weighted by Crippen LogP contribution is -2.48. The number of benzene rings is 1. The molecule has 0 saturated carbocycles. The van der Waals surface area contributed by atoms with Crippen molar-refractivity contribution in [3.63, 3.8) is 0 Å². The molecule has 1 saturated heterocycles. The summed E-state index contributed by atoms with van der Waals surface area (Å²) in [5, 5.41) is 2.90. The Balaban J connectivity index is 1.89. The summed E-state index contributed by atoms with van der Waals surface area (Å²) in [5.74, 6) is 0.267. The predicted molar refractivity (Wildman–Crippen MR) is 93.6 cm³/mol. The summed E-state index contributed by atoms with van der Waals surface area (Å²) in [7, 11) is 0. The van der Waals surface area contributed by atoms with Gasteiger partial charge in [0.05, 0.1) is 0 Å². The van der Waals surface area contributed by atoms with Gasteiger partial charge < -0.3 is 15.1 Å². The molecule has 0 bridgehead atoms. The summed E-state index contributed by atoms with van der Waals surface area (Å²) in [5.41, 5.74) is 1.96. The molecule has 1 aromatic rings. The number of nitrogens with one attached hydrogen (secondary N) is 1. The van der Waals surface area contributed by atoms with E-state index in [0.717, 1.165) is 44.0 Å². The second kappa shape index (κ2) is 7.99. The van der Waals surface area contributed by atoms with Crippen LogP contribution in [0.15, 0.2) is 24.3 Å². The van der Waals surface area contributed by atoms with Crippen LogP contribution in [-0.2, 0) is 9.59 Å². The Bertz CT molecular complexity index is 532. The van der Waals surface area contributed by atoms with E-state index in [1.54, 1.807) is 0 Å². The van der Waals surface area contributed by atoms with E-state index in [9.17, 15) is 9.59 Å². The zero-order chi connectivity index (χ0) is 16.8. The average molecular weight is 317 g/mol. The smallest absolute Gasteiger partial charge is 0.226 e. The van der Waals surface area contributed by atoms with Gasteiger partial charge in [-0.25, -0.2) is 0 Å². The van der Waals surface area contributed by atoms with Crippen LogP contribution in [0.3, 0.4) is 0 Å². The summed E-state index contributed by atoms with van der Waals surface area (Å²) < 4.78 is 0. The number of rotatable bonds is 5. The van der Waals surface area contributed by atoms with Crippen LogP contribution in [0.1, 0.15) is 33.6 Å². The van der Waals surface area contributed by atoms with Crippen LogP contribution in [0.4, 0.5) is 11.4 Å². The average Bonchev–Trinajstić information content (AvgIpc) is 2.56. The van der Waals surface area contributed by atoms with Gasteiger partial charge in [-0.2, -0.15) is 0 Å². The van der Waals surface area contributed by atoms with Gasteiger partial charge in [0.1, 0.15) is 0 Å². The van der Waals surface area contributed by atoms with Crippen LogP contribution < -0.4 is 10.2 Å². The van der Waals surface area contributed by atoms with E-state index in [0.29, 0.717) is 6.42 Å². The first-order valence-electron chi connectivity index (χ1n) is 8.45. The lowest BCUT2D eigenvalue weighted by Gasteiger charge is -2.36. The second-order valence-electron chi connectivity index (χ2n) is 6.31. The van der Waals surface area contributed by atoms with E-state index < -0.39 is 0 Å². The topological polar surface area (TPSA) is 52.7 Å². The Hall–Kier alpha value is -2.04. The molecule has 1 aliphatic heterocycles. The molecule has 0 aromatic heterocycles. The third-order valence-electron chi connectivity index (χ3n) is 4.12. The maximum atomic E-state index is 11.9. The number of carbonyl (C=O) groups excluding carboxylic acids is 2. The molecule has 1 fully saturated rings. The van der Waals surface area contributed by atoms with Crippen LogP contribution in [0.25, 0.3) is 0 Å². The standard InChI is InChI=1S/C18H27N3O2/c1-4-5-17(22)21-12-10-20(11-13-21)16-8-6-15(7-9-16)19-18(23)14(2)3/h6-9,14H,4-5,10-13H2,1-3H3,(H,19,23). The van der Waals surface area contributed by atoms with Crippen LogP contribution >= 0.6 is 0 Å². The number of nitrogens with zero attached hydrogens (tertiary/aromatic N) is 2. The fourth-order valence-electron chi connectivity index (χ4n) is 2.63. The highest BCUT2D eigenvalue weighted by molar-refractivity contribution is 5.92. The monoisotopic (exact) mass is 317 g/mol. The molecule has 0 unspecified atom stereocenters. The maximum Gasteiger partial charge on any atom is 0.226 e. The number of hydrogen-bond acceptors (Lipinski definition) is 3. The van der Waals surface area contributed by atoms with Gasteiger partial charge in [0.25, 0.3) is 0 Å². The summed E-state index contributed by atoms with van der Waals surface area (Å²) in [6, 6.07) is 7.92. The van der Waals surface area contributed by atoms with Gasteiger partial charge >= 0.3 is 0 Å². The van der Waals surface area contributed by atoms with Crippen molar-refractivity contribution in [2.45, 2.75) is 33.6 Å². The van der Waals surface area contributed by atoms with Gasteiger partial charge in [0, 0.05) is 49.9 Å². The van der Waals surface area contributed by atoms with Crippen LogP contribution in [-0.4, -0.2) is 42.9 Å². The highest BCUT2D eigenvalue weighted by atomic mass is 16.2. The van der Waals surface area contributed by atoms with Gasteiger partial charge in [-0.15, -0.1) is 0 Å². The molecule has 1 aromatic carbocycles. The Morgan fingerprint density at radius 1 is 1.09 bits per heavy atom. The molecule has 126 valence electrons. The molecule has 2 amide bonds. The Kier molecular flexibility index (Phi) is 6.02. The van der Waals surface area contributed by atoms with Gasteiger partial charge in [0.2, 0.25) is 11.8 Å². The molecular formula is C18H27N3O2. The summed E-state index contributed by atoms with van der Waals surface area (Å²) in [6.45, 7) is 9.06. The van der Waals surface area contributed by atoms with E-state index in [1.165, 1.54) is 0 Å². The zero-order valence-electron chi connectivity index (χ0n) is 14.3. The fraction of sp³-hybridized carbons (Fsp3) is 0.556. The van der Waals surface area contributed by atoms with Crippen molar-refractivity contribution in [1.82, 2.24) is 4.90 Å². The van der Waals surface area contributed by atoms with Crippen LogP contribution in [0.2, 0.25) is 0 Å². The molecule has 0 aliphatic carbocycles. The van der Waals surface area contributed by atoms with Gasteiger partial charge in [-0.05, 0) is 30.7 Å². The van der Waals surface area contributed by atoms with Crippen molar-refractivity contribution in [2.24, 2.45) is 5.92 Å². The molecule has 1 aliphatic rings. The number of anilines is 2. The van der Waals surface area contributed by atoms with E-state index in [2.05, 4.69) is 10.2 Å². The van der Waals surface area contributed by atoms with Gasteiger partial charge in [-0.1, -0.05) is 20.8 Å². The lowest BCUT2D eigenvalue weighted by atomic mass is 10.2. The van der Waals surface area contributed by atoms with Crippen molar-refractivity contribution in [3.05, 3.63) is 24.3 Å². The van der Waals surface area contributed by atoms with Crippen molar-refractivity contribution in [1.29, 1.82) is 0 Å². The number of piperazine rings is 1. The van der Waals surface area contributed by atoms with Crippen molar-refractivity contribution in [2.75, 3.05) is 36.4 Å². The number of hydrogen-bond donors (Lipinski definition) is 1. The largest absolute Gasteiger partial charge is 0.368 e. The minimum absolute atomic E-state index is 0.0246. The molecular weight excluding hydrogens is 290 g/mol. The Morgan fingerprint density at radius 3 is 2.22 bits per heavy atom. The summed E-state index contributed by atoms with van der Waals surface area (Å²) in [6.07, 6.45) is 1.55. The quantitative estimate of drug-likeness (QED) is 0.908. The van der Waals surface area contributed by atoms with E-state index >= 15 is 0 Å². The molecule has 0 atom stereocenters. The first kappa shape index (κ1) is 17.3. The highest BCUT2D eigenvalue weighted by Crippen LogP contribution is 2.20. The van der Waals surface area contributed by atoms with Gasteiger partial charge in [-0.3, -0.25) is 9.59 Å². The van der Waals surface area contributed by atoms with E-state index in [-0.39, 0.29) is 17.7 Å². The SMILES string of the molecule is CCCC(=O)N1CCN(c2ccc(NC(=O)C(C)C)cc2)CC1.